The monoisotopic (exact) mass is 460 g/mol. The van der Waals surface area contributed by atoms with Gasteiger partial charge in [-0.05, 0) is 43.5 Å². The Morgan fingerprint density at radius 2 is 2.00 bits per heavy atom. The third-order valence-corrected chi connectivity index (χ3v) is 7.48. The van der Waals surface area contributed by atoms with Gasteiger partial charge in [0.15, 0.2) is 15.8 Å². The summed E-state index contributed by atoms with van der Waals surface area (Å²) in [5, 5.41) is 10.5. The molecule has 166 valence electrons. The van der Waals surface area contributed by atoms with E-state index in [0.29, 0.717) is 18.4 Å². The molecular formula is C23H28N2O4S2. The molecule has 0 radical (unpaired) electrons. The van der Waals surface area contributed by atoms with Crippen LogP contribution >= 0.6 is 23.1 Å². The molecule has 0 saturated carbocycles. The van der Waals surface area contributed by atoms with Gasteiger partial charge >= 0.3 is 5.97 Å². The van der Waals surface area contributed by atoms with Crippen molar-refractivity contribution in [1.82, 2.24) is 4.98 Å². The number of carbonyl (C=O) groups is 3. The first-order chi connectivity index (χ1) is 15.0. The maximum atomic E-state index is 12.5. The summed E-state index contributed by atoms with van der Waals surface area (Å²) in [4.78, 5) is 41.7. The number of rotatable bonds is 12. The Morgan fingerprint density at radius 3 is 2.68 bits per heavy atom. The molecular weight excluding hydrogens is 432 g/mol. The van der Waals surface area contributed by atoms with Gasteiger partial charge < -0.3 is 10.0 Å². The topological polar surface area (TPSA) is 87.6 Å². The van der Waals surface area contributed by atoms with Gasteiger partial charge in [-0.3, -0.25) is 9.59 Å². The number of aromatic carboxylic acids is 1. The molecule has 1 fully saturated rings. The van der Waals surface area contributed by atoms with Crippen molar-refractivity contribution in [2.75, 3.05) is 10.7 Å². The molecule has 1 amide bonds. The van der Waals surface area contributed by atoms with Gasteiger partial charge in [0.05, 0.1) is 0 Å². The van der Waals surface area contributed by atoms with E-state index in [-0.39, 0.29) is 23.4 Å². The van der Waals surface area contributed by atoms with Crippen LogP contribution in [0.2, 0.25) is 0 Å². The zero-order valence-electron chi connectivity index (χ0n) is 17.7. The van der Waals surface area contributed by atoms with Gasteiger partial charge in [-0.1, -0.05) is 37.9 Å². The first-order valence-electron chi connectivity index (χ1n) is 10.8. The first-order valence-corrected chi connectivity index (χ1v) is 12.6. The quantitative estimate of drug-likeness (QED) is 0.249. The average Bonchev–Trinajstić information content (AvgIpc) is 3.38. The summed E-state index contributed by atoms with van der Waals surface area (Å²) in [5.41, 5.74) is 1.62. The number of thioether (sulfide) groups is 1. The summed E-state index contributed by atoms with van der Waals surface area (Å²) in [7, 11) is 0. The lowest BCUT2D eigenvalue weighted by Crippen LogP contribution is -2.33. The lowest BCUT2D eigenvalue weighted by atomic mass is 10.0. The standard InChI is InChI=1S/C23H28N2O4S2/c1-2-3-4-5-6-20(26)16-7-9-17(10-8-16)25-18(11-12-21(25)27)13-14-30-23-24-19(15-31-23)22(28)29/h7-10,15,18H,2-6,11-14H2,1H3,(H,28,29). The van der Waals surface area contributed by atoms with Crippen molar-refractivity contribution in [2.45, 2.75) is 68.7 Å². The molecule has 1 aliphatic heterocycles. The summed E-state index contributed by atoms with van der Waals surface area (Å²) >= 11 is 2.85. The normalized spacial score (nSPS) is 16.1. The molecule has 1 atom stereocenters. The van der Waals surface area contributed by atoms with Crippen LogP contribution in [0.3, 0.4) is 0 Å². The Morgan fingerprint density at radius 1 is 1.23 bits per heavy atom. The molecule has 2 heterocycles. The van der Waals surface area contributed by atoms with Crippen LogP contribution in [0.4, 0.5) is 5.69 Å². The fourth-order valence-corrected chi connectivity index (χ4v) is 5.65. The van der Waals surface area contributed by atoms with Crippen LogP contribution in [0.5, 0.6) is 0 Å². The number of hydrogen-bond donors (Lipinski definition) is 1. The van der Waals surface area contributed by atoms with Crippen molar-refractivity contribution in [1.29, 1.82) is 0 Å². The van der Waals surface area contributed by atoms with E-state index in [1.54, 1.807) is 5.38 Å². The number of unbranched alkanes of at least 4 members (excludes halogenated alkanes) is 3. The smallest absolute Gasteiger partial charge is 0.355 e. The van der Waals surface area contributed by atoms with E-state index in [0.717, 1.165) is 54.3 Å². The third-order valence-electron chi connectivity index (χ3n) is 5.43. The second kappa shape index (κ2) is 11.4. The van der Waals surface area contributed by atoms with E-state index in [4.69, 9.17) is 5.11 Å². The van der Waals surface area contributed by atoms with Crippen molar-refractivity contribution in [2.24, 2.45) is 0 Å². The predicted molar refractivity (Wildman–Crippen MR) is 124 cm³/mol. The SMILES string of the molecule is CCCCCCC(=O)c1ccc(N2C(=O)CCC2CCSc2nc(C(=O)O)cs2)cc1. The lowest BCUT2D eigenvalue weighted by Gasteiger charge is -2.25. The Balaban J connectivity index is 1.55. The summed E-state index contributed by atoms with van der Waals surface area (Å²) < 4.78 is 0.732. The van der Waals surface area contributed by atoms with Crippen LogP contribution < -0.4 is 4.90 Å². The maximum absolute atomic E-state index is 12.5. The highest BCUT2D eigenvalue weighted by Gasteiger charge is 2.31. The number of carboxylic acid groups (broad SMARTS) is 1. The van der Waals surface area contributed by atoms with Gasteiger partial charge in [-0.25, -0.2) is 9.78 Å². The molecule has 8 heteroatoms. The Kier molecular flexibility index (Phi) is 8.66. The van der Waals surface area contributed by atoms with Gasteiger partial charge in [0.25, 0.3) is 0 Å². The number of benzene rings is 1. The van der Waals surface area contributed by atoms with E-state index in [1.807, 2.05) is 29.2 Å². The minimum absolute atomic E-state index is 0.0742. The number of anilines is 1. The molecule has 1 aromatic carbocycles. The largest absolute Gasteiger partial charge is 0.476 e. The van der Waals surface area contributed by atoms with Gasteiger partial charge in [0.1, 0.15) is 0 Å². The fourth-order valence-electron chi connectivity index (χ4n) is 3.74. The second-order valence-corrected chi connectivity index (χ2v) is 9.88. The molecule has 1 N–H and O–H groups in total. The molecule has 6 nitrogen and oxygen atoms in total. The molecule has 1 aromatic heterocycles. The Bertz CT molecular complexity index is 911. The number of Topliss-reactive ketones (excluding diaryl/α,β-unsaturated/α-hetero) is 1. The van der Waals surface area contributed by atoms with Crippen molar-refractivity contribution in [3.05, 3.63) is 40.9 Å². The molecule has 0 aliphatic carbocycles. The number of ketones is 1. The second-order valence-electron chi connectivity index (χ2n) is 7.68. The van der Waals surface area contributed by atoms with Crippen LogP contribution in [0, 0.1) is 0 Å². The summed E-state index contributed by atoms with van der Waals surface area (Å²) in [6.07, 6.45) is 7.01. The maximum Gasteiger partial charge on any atom is 0.355 e. The van der Waals surface area contributed by atoms with Gasteiger partial charge in [0.2, 0.25) is 5.91 Å². The highest BCUT2D eigenvalue weighted by molar-refractivity contribution is 8.01. The molecule has 0 spiro atoms. The number of nitrogens with zero attached hydrogens (tertiary/aromatic N) is 2. The highest BCUT2D eigenvalue weighted by Crippen LogP contribution is 2.31. The number of carbonyl (C=O) groups excluding carboxylic acids is 2. The van der Waals surface area contributed by atoms with Crippen molar-refractivity contribution >= 4 is 46.4 Å². The molecule has 1 aliphatic rings. The summed E-state index contributed by atoms with van der Waals surface area (Å²) in [6, 6.07) is 7.52. The van der Waals surface area contributed by atoms with Crippen LogP contribution in [-0.2, 0) is 4.79 Å². The zero-order chi connectivity index (χ0) is 22.2. The fraction of sp³-hybridized carbons (Fsp3) is 0.478. The van der Waals surface area contributed by atoms with Crippen molar-refractivity contribution in [3.63, 3.8) is 0 Å². The van der Waals surface area contributed by atoms with Gasteiger partial charge in [0, 0.05) is 41.3 Å². The Hall–Kier alpha value is -2.19. The number of thiazole rings is 1. The summed E-state index contributed by atoms with van der Waals surface area (Å²) in [5.74, 6) is 0.0113. The highest BCUT2D eigenvalue weighted by atomic mass is 32.2. The van der Waals surface area contributed by atoms with Gasteiger partial charge in [-0.15, -0.1) is 11.3 Å². The van der Waals surface area contributed by atoms with E-state index in [9.17, 15) is 14.4 Å². The van der Waals surface area contributed by atoms with Crippen LogP contribution in [-0.4, -0.2) is 39.5 Å². The number of aromatic nitrogens is 1. The van der Waals surface area contributed by atoms with E-state index in [2.05, 4.69) is 11.9 Å². The third kappa shape index (κ3) is 6.40. The molecule has 0 bridgehead atoms. The van der Waals surface area contributed by atoms with E-state index >= 15 is 0 Å². The molecule has 31 heavy (non-hydrogen) atoms. The minimum Gasteiger partial charge on any atom is -0.476 e. The van der Waals surface area contributed by atoms with Crippen molar-refractivity contribution in [3.8, 4) is 0 Å². The molecule has 1 saturated heterocycles. The van der Waals surface area contributed by atoms with E-state index < -0.39 is 5.97 Å². The van der Waals surface area contributed by atoms with Crippen LogP contribution in [0.15, 0.2) is 34.0 Å². The van der Waals surface area contributed by atoms with E-state index in [1.165, 1.54) is 23.1 Å². The van der Waals surface area contributed by atoms with Crippen molar-refractivity contribution < 1.29 is 19.5 Å². The molecule has 3 rings (SSSR count). The predicted octanol–water partition coefficient (Wildman–Crippen LogP) is 5.67. The average molecular weight is 461 g/mol. The Labute approximate surface area is 191 Å². The van der Waals surface area contributed by atoms with Crippen LogP contribution in [0.25, 0.3) is 0 Å². The minimum atomic E-state index is -1.02. The molecule has 2 aromatic rings. The number of amides is 1. The summed E-state index contributed by atoms with van der Waals surface area (Å²) in [6.45, 7) is 2.15. The zero-order valence-corrected chi connectivity index (χ0v) is 19.3. The van der Waals surface area contributed by atoms with Crippen LogP contribution in [0.1, 0.15) is 79.1 Å². The molecule has 1 unspecified atom stereocenters. The number of hydrogen-bond acceptors (Lipinski definition) is 6. The first kappa shape index (κ1) is 23.5. The lowest BCUT2D eigenvalue weighted by molar-refractivity contribution is -0.117. The van der Waals surface area contributed by atoms with Gasteiger partial charge in [-0.2, -0.15) is 0 Å². The number of carboxylic acids is 1.